The molecule has 1 unspecified atom stereocenters. The lowest BCUT2D eigenvalue weighted by Gasteiger charge is -2.49. The topological polar surface area (TPSA) is 95.7 Å². The van der Waals surface area contributed by atoms with Gasteiger partial charge in [0.15, 0.2) is 10.5 Å². The lowest BCUT2D eigenvalue weighted by atomic mass is 9.79. The summed E-state index contributed by atoms with van der Waals surface area (Å²) in [5, 5.41) is 25.9. The highest BCUT2D eigenvalue weighted by molar-refractivity contribution is 7.10. The van der Waals surface area contributed by atoms with Gasteiger partial charge in [0.2, 0.25) is 0 Å². The zero-order valence-electron chi connectivity index (χ0n) is 20.6. The largest absolute Gasteiger partial charge is 0.394 e. The number of urea groups is 1. The van der Waals surface area contributed by atoms with E-state index in [0.717, 1.165) is 42.8 Å². The van der Waals surface area contributed by atoms with Gasteiger partial charge < -0.3 is 14.9 Å². The molecular formula is C28H30N6O2S. The van der Waals surface area contributed by atoms with Crippen molar-refractivity contribution in [3.05, 3.63) is 64.1 Å². The number of allylic oxidation sites excluding steroid dienone is 2. The number of thiazole rings is 1. The number of aliphatic hydroxyl groups excluding tert-OH is 1. The molecule has 3 heterocycles. The maximum atomic E-state index is 13.0. The number of nitrogens with one attached hydrogen (secondary N) is 1. The number of nitrogens with zero attached hydrogens (tertiary/aromatic N) is 5. The summed E-state index contributed by atoms with van der Waals surface area (Å²) in [7, 11) is 0. The Morgan fingerprint density at radius 2 is 2.00 bits per heavy atom. The van der Waals surface area contributed by atoms with Crippen LogP contribution < -0.4 is 5.32 Å². The normalized spacial score (nSPS) is 24.1. The molecular weight excluding hydrogens is 484 g/mol. The third-order valence-corrected chi connectivity index (χ3v) is 8.22. The summed E-state index contributed by atoms with van der Waals surface area (Å²) in [6.45, 7) is 3.00. The highest BCUT2D eigenvalue weighted by Gasteiger charge is 2.47. The Kier molecular flexibility index (Phi) is 7.29. The van der Waals surface area contributed by atoms with Crippen molar-refractivity contribution in [2.24, 2.45) is 0 Å². The van der Waals surface area contributed by atoms with Gasteiger partial charge in [0, 0.05) is 50.2 Å². The molecule has 190 valence electrons. The van der Waals surface area contributed by atoms with E-state index >= 15 is 0 Å². The second-order valence-electron chi connectivity index (χ2n) is 9.54. The summed E-state index contributed by atoms with van der Waals surface area (Å²) in [5.74, 6) is 2.88. The number of rotatable bonds is 5. The molecule has 9 heteroatoms. The molecule has 1 aromatic heterocycles. The Labute approximate surface area is 221 Å². The second-order valence-corrected chi connectivity index (χ2v) is 10.4. The van der Waals surface area contributed by atoms with Crippen molar-refractivity contribution < 1.29 is 9.90 Å². The number of aromatic nitrogens is 1. The van der Waals surface area contributed by atoms with Gasteiger partial charge in [0.25, 0.3) is 0 Å². The Balaban J connectivity index is 1.40. The van der Waals surface area contributed by atoms with Gasteiger partial charge >= 0.3 is 6.03 Å². The van der Waals surface area contributed by atoms with Crippen LogP contribution in [0.1, 0.15) is 29.8 Å². The van der Waals surface area contributed by atoms with Crippen LogP contribution >= 0.6 is 11.3 Å². The molecule has 1 aliphatic carbocycles. The molecule has 2 aromatic rings. The fourth-order valence-electron chi connectivity index (χ4n) is 5.58. The Bertz CT molecular complexity index is 1280. The van der Waals surface area contributed by atoms with E-state index in [1.807, 2.05) is 18.2 Å². The van der Waals surface area contributed by atoms with Crippen molar-refractivity contribution in [1.82, 2.24) is 19.7 Å². The number of carbonyl (C=O) groups is 1. The van der Waals surface area contributed by atoms with Gasteiger partial charge in [-0.2, -0.15) is 5.26 Å². The zero-order chi connectivity index (χ0) is 25.8. The van der Waals surface area contributed by atoms with E-state index in [1.165, 1.54) is 11.3 Å². The minimum Gasteiger partial charge on any atom is -0.394 e. The van der Waals surface area contributed by atoms with Crippen molar-refractivity contribution in [1.29, 1.82) is 5.26 Å². The lowest BCUT2D eigenvalue weighted by Crippen LogP contribution is -2.61. The van der Waals surface area contributed by atoms with E-state index in [-0.39, 0.29) is 12.6 Å². The van der Waals surface area contributed by atoms with Crippen LogP contribution in [0.5, 0.6) is 0 Å². The predicted octanol–water partition coefficient (Wildman–Crippen LogP) is 3.36. The molecule has 2 N–H and O–H groups in total. The first-order valence-corrected chi connectivity index (χ1v) is 13.4. The zero-order valence-corrected chi connectivity index (χ0v) is 21.5. The molecule has 2 fully saturated rings. The fraction of sp³-hybridized carbons (Fsp3) is 0.393. The minimum atomic E-state index is -0.785. The Morgan fingerprint density at radius 3 is 2.68 bits per heavy atom. The number of hydrogen-bond acceptors (Lipinski definition) is 7. The van der Waals surface area contributed by atoms with Crippen LogP contribution in [0.2, 0.25) is 0 Å². The van der Waals surface area contributed by atoms with E-state index in [9.17, 15) is 15.2 Å². The van der Waals surface area contributed by atoms with E-state index in [2.05, 4.69) is 56.4 Å². The van der Waals surface area contributed by atoms with Gasteiger partial charge in [-0.1, -0.05) is 36.4 Å². The number of amides is 2. The molecule has 2 amide bonds. The lowest BCUT2D eigenvalue weighted by molar-refractivity contribution is 0.0638. The molecule has 0 spiro atoms. The van der Waals surface area contributed by atoms with E-state index in [4.69, 9.17) is 6.42 Å². The average molecular weight is 515 g/mol. The summed E-state index contributed by atoms with van der Waals surface area (Å²) in [6, 6.07) is 12.2. The molecule has 2 saturated heterocycles. The summed E-state index contributed by atoms with van der Waals surface area (Å²) in [4.78, 5) is 23.4. The van der Waals surface area contributed by atoms with Gasteiger partial charge in [-0.15, -0.1) is 17.8 Å². The van der Waals surface area contributed by atoms with E-state index in [1.54, 1.807) is 10.3 Å². The van der Waals surface area contributed by atoms with Crippen LogP contribution in [0.25, 0.3) is 5.57 Å². The van der Waals surface area contributed by atoms with Crippen molar-refractivity contribution in [2.75, 3.05) is 44.6 Å². The monoisotopic (exact) mass is 514 g/mol. The van der Waals surface area contributed by atoms with Gasteiger partial charge in [0.05, 0.1) is 18.7 Å². The Hall–Kier alpha value is -3.63. The van der Waals surface area contributed by atoms with Crippen molar-refractivity contribution in [2.45, 2.75) is 30.8 Å². The molecule has 2 atom stereocenters. The number of carbonyl (C=O) groups excluding carboxylic acids is 1. The van der Waals surface area contributed by atoms with Crippen LogP contribution in [0.15, 0.2) is 53.6 Å². The van der Waals surface area contributed by atoms with Gasteiger partial charge in [0.1, 0.15) is 5.82 Å². The first kappa shape index (κ1) is 25.0. The van der Waals surface area contributed by atoms with Gasteiger partial charge in [-0.25, -0.2) is 9.78 Å². The predicted molar refractivity (Wildman–Crippen MR) is 144 cm³/mol. The fourth-order valence-corrected chi connectivity index (χ4v) is 6.13. The summed E-state index contributed by atoms with van der Waals surface area (Å²) < 4.78 is 0. The highest BCUT2D eigenvalue weighted by atomic mass is 32.1. The average Bonchev–Trinajstić information content (AvgIpc) is 3.65. The number of likely N-dealkylation sites (tertiary alicyclic amines) is 1. The molecule has 0 bridgehead atoms. The second kappa shape index (κ2) is 10.8. The molecule has 37 heavy (non-hydrogen) atoms. The van der Waals surface area contributed by atoms with Crippen molar-refractivity contribution in [3.63, 3.8) is 0 Å². The Morgan fingerprint density at radius 1 is 1.22 bits per heavy atom. The standard InChI is InChI=1S/C28H30N6O2S/c1-2-26-30-25(19-37-26)31-27(36)34-15-14-32(17-23(34)18-35)24-11-10-22(21-8-4-3-5-9-21)16-28(24,20-29)33-12-6-7-13-33/h1,3-5,8-11,19,23,35H,6-7,12-18H2,(H,31,36)/t23-,28?/m1/s1. The number of benzene rings is 1. The third-order valence-electron chi connectivity index (χ3n) is 7.45. The first-order chi connectivity index (χ1) is 18.1. The number of anilines is 1. The van der Waals surface area contributed by atoms with Crippen LogP contribution in [0.3, 0.4) is 0 Å². The first-order valence-electron chi connectivity index (χ1n) is 12.6. The maximum absolute atomic E-state index is 13.0. The van der Waals surface area contributed by atoms with Crippen molar-refractivity contribution >= 4 is 28.8 Å². The summed E-state index contributed by atoms with van der Waals surface area (Å²) in [5.41, 5.74) is 2.44. The number of piperazine rings is 1. The third kappa shape index (κ3) is 4.86. The number of aliphatic hydroxyl groups is 1. The highest BCUT2D eigenvalue weighted by Crippen LogP contribution is 2.42. The molecule has 2 aliphatic heterocycles. The number of terminal acetylenes is 1. The van der Waals surface area contributed by atoms with E-state index < -0.39 is 11.6 Å². The van der Waals surface area contributed by atoms with Crippen molar-refractivity contribution in [3.8, 4) is 18.4 Å². The molecule has 0 saturated carbocycles. The van der Waals surface area contributed by atoms with Crippen LogP contribution in [0.4, 0.5) is 10.6 Å². The molecule has 0 radical (unpaired) electrons. The summed E-state index contributed by atoms with van der Waals surface area (Å²) in [6.07, 6.45) is 12.3. The maximum Gasteiger partial charge on any atom is 0.323 e. The SMILES string of the molecule is C#Cc1nc(NC(=O)N2CCN(C3=CC=C(c4ccccc4)CC3(C#N)N3CCCC3)C[C@@H]2CO)cs1. The number of nitriles is 1. The van der Waals surface area contributed by atoms with E-state index in [0.29, 0.717) is 36.9 Å². The molecule has 8 nitrogen and oxygen atoms in total. The minimum absolute atomic E-state index is 0.182. The van der Waals surface area contributed by atoms with Crippen LogP contribution in [-0.2, 0) is 0 Å². The van der Waals surface area contributed by atoms with Crippen LogP contribution in [-0.4, -0.2) is 81.7 Å². The number of hydrogen-bond donors (Lipinski definition) is 2. The van der Waals surface area contributed by atoms with Crippen LogP contribution in [0, 0.1) is 23.7 Å². The smallest absolute Gasteiger partial charge is 0.323 e. The van der Waals surface area contributed by atoms with Gasteiger partial charge in [-0.05, 0) is 36.0 Å². The molecule has 1 aromatic carbocycles. The molecule has 5 rings (SSSR count). The quantitative estimate of drug-likeness (QED) is 0.594. The summed E-state index contributed by atoms with van der Waals surface area (Å²) >= 11 is 1.29. The van der Waals surface area contributed by atoms with Gasteiger partial charge in [-0.3, -0.25) is 10.2 Å². The molecule has 3 aliphatic rings.